The fourth-order valence-electron chi connectivity index (χ4n) is 2.78. The van der Waals surface area contributed by atoms with E-state index in [-0.39, 0.29) is 39.2 Å². The Balaban J connectivity index is 1.80. The molecule has 158 valence electrons. The standard InChI is InChI=1S/C21H15ClN2O7/c1-30-20-15(22)10-12(21(26)27)11-16(20)23-19(25)9-7-13-6-8-18(31-13)14-4-2-3-5-17(14)24(28)29/h2-11H,1H3,(H,23,25)(H,26,27)/b9-7+. The molecule has 9 nitrogen and oxygen atoms in total. The minimum Gasteiger partial charge on any atom is -0.493 e. The summed E-state index contributed by atoms with van der Waals surface area (Å²) in [5.41, 5.74) is 0.168. The summed E-state index contributed by atoms with van der Waals surface area (Å²) in [6.45, 7) is 0. The first-order valence-corrected chi connectivity index (χ1v) is 9.11. The molecule has 1 heterocycles. The Morgan fingerprint density at radius 1 is 1.23 bits per heavy atom. The quantitative estimate of drug-likeness (QED) is 0.303. The highest BCUT2D eigenvalue weighted by atomic mass is 35.5. The van der Waals surface area contributed by atoms with Crippen molar-refractivity contribution < 1.29 is 28.8 Å². The van der Waals surface area contributed by atoms with Gasteiger partial charge in [-0.05, 0) is 36.4 Å². The van der Waals surface area contributed by atoms with E-state index in [9.17, 15) is 19.7 Å². The Morgan fingerprint density at radius 2 is 1.97 bits per heavy atom. The number of anilines is 1. The molecule has 0 spiro atoms. The maximum atomic E-state index is 12.3. The number of nitrogens with one attached hydrogen (secondary N) is 1. The van der Waals surface area contributed by atoms with Gasteiger partial charge < -0.3 is 19.6 Å². The van der Waals surface area contributed by atoms with Crippen LogP contribution in [0, 0.1) is 10.1 Å². The largest absolute Gasteiger partial charge is 0.493 e. The first-order valence-electron chi connectivity index (χ1n) is 8.73. The summed E-state index contributed by atoms with van der Waals surface area (Å²) in [4.78, 5) is 34.2. The second-order valence-corrected chi connectivity index (χ2v) is 6.55. The van der Waals surface area contributed by atoms with Crippen molar-refractivity contribution in [3.05, 3.63) is 81.1 Å². The Labute approximate surface area is 180 Å². The molecule has 31 heavy (non-hydrogen) atoms. The van der Waals surface area contributed by atoms with Crippen LogP contribution in [0.15, 0.2) is 59.0 Å². The first kappa shape index (κ1) is 21.6. The molecule has 10 heteroatoms. The lowest BCUT2D eigenvalue weighted by Crippen LogP contribution is -2.10. The number of nitro groups is 1. The van der Waals surface area contributed by atoms with Crippen molar-refractivity contribution in [3.8, 4) is 17.1 Å². The average molecular weight is 443 g/mol. The molecule has 0 saturated heterocycles. The highest BCUT2D eigenvalue weighted by Gasteiger charge is 2.17. The van der Waals surface area contributed by atoms with E-state index in [1.165, 1.54) is 31.4 Å². The number of carboxylic acids is 1. The number of aromatic carboxylic acids is 1. The van der Waals surface area contributed by atoms with Gasteiger partial charge in [0.15, 0.2) is 5.75 Å². The summed E-state index contributed by atoms with van der Waals surface area (Å²) in [6.07, 6.45) is 2.52. The molecule has 0 aliphatic heterocycles. The van der Waals surface area contributed by atoms with Gasteiger partial charge in [-0.25, -0.2) is 4.79 Å². The molecule has 0 fully saturated rings. The minimum atomic E-state index is -1.21. The van der Waals surface area contributed by atoms with Gasteiger partial charge >= 0.3 is 5.97 Å². The predicted octanol–water partition coefficient (Wildman–Crippen LogP) is 4.87. The van der Waals surface area contributed by atoms with E-state index in [1.807, 2.05) is 0 Å². The molecule has 1 aromatic heterocycles. The number of hydrogen-bond donors (Lipinski definition) is 2. The van der Waals surface area contributed by atoms with E-state index in [1.54, 1.807) is 30.3 Å². The third-order valence-corrected chi connectivity index (χ3v) is 4.43. The molecule has 3 rings (SSSR count). The molecule has 0 atom stereocenters. The smallest absolute Gasteiger partial charge is 0.335 e. The normalized spacial score (nSPS) is 10.8. The zero-order valence-corrected chi connectivity index (χ0v) is 16.8. The molecule has 0 bridgehead atoms. The van der Waals surface area contributed by atoms with Gasteiger partial charge in [-0.1, -0.05) is 23.7 Å². The van der Waals surface area contributed by atoms with Crippen molar-refractivity contribution in [2.24, 2.45) is 0 Å². The van der Waals surface area contributed by atoms with Crippen LogP contribution in [0.5, 0.6) is 5.75 Å². The number of ether oxygens (including phenoxy) is 1. The van der Waals surface area contributed by atoms with Crippen molar-refractivity contribution in [2.75, 3.05) is 12.4 Å². The van der Waals surface area contributed by atoms with Crippen molar-refractivity contribution in [3.63, 3.8) is 0 Å². The summed E-state index contributed by atoms with van der Waals surface area (Å²) in [5, 5.41) is 22.9. The molecular weight excluding hydrogens is 428 g/mol. The summed E-state index contributed by atoms with van der Waals surface area (Å²) >= 11 is 6.01. The molecule has 0 saturated carbocycles. The van der Waals surface area contributed by atoms with Gasteiger partial charge in [0.1, 0.15) is 11.5 Å². The number of amides is 1. The molecule has 0 radical (unpaired) electrons. The molecule has 2 N–H and O–H groups in total. The van der Waals surface area contributed by atoms with Crippen molar-refractivity contribution in [1.82, 2.24) is 0 Å². The highest BCUT2D eigenvalue weighted by Crippen LogP contribution is 2.35. The predicted molar refractivity (Wildman–Crippen MR) is 113 cm³/mol. The Morgan fingerprint density at radius 3 is 2.65 bits per heavy atom. The number of nitrogens with zero attached hydrogens (tertiary/aromatic N) is 1. The third kappa shape index (κ3) is 4.90. The molecule has 3 aromatic rings. The number of furan rings is 1. The lowest BCUT2D eigenvalue weighted by molar-refractivity contribution is -0.384. The number of hydrogen-bond acceptors (Lipinski definition) is 6. The number of methoxy groups -OCH3 is 1. The fourth-order valence-corrected chi connectivity index (χ4v) is 3.07. The van der Waals surface area contributed by atoms with E-state index >= 15 is 0 Å². The zero-order chi connectivity index (χ0) is 22.5. The Bertz CT molecular complexity index is 1200. The van der Waals surface area contributed by atoms with E-state index in [0.717, 1.165) is 6.08 Å². The number of carbonyl (C=O) groups is 2. The number of halogens is 1. The SMILES string of the molecule is COc1c(Cl)cc(C(=O)O)cc1NC(=O)/C=C/c1ccc(-c2ccccc2[N+](=O)[O-])o1. The molecule has 2 aromatic carbocycles. The van der Waals surface area contributed by atoms with Gasteiger partial charge in [0.2, 0.25) is 5.91 Å². The maximum absolute atomic E-state index is 12.3. The average Bonchev–Trinajstić information content (AvgIpc) is 3.21. The second kappa shape index (κ2) is 9.14. The second-order valence-electron chi connectivity index (χ2n) is 6.14. The van der Waals surface area contributed by atoms with Gasteiger partial charge in [0.05, 0.1) is 33.9 Å². The van der Waals surface area contributed by atoms with Crippen LogP contribution in [0.25, 0.3) is 17.4 Å². The lowest BCUT2D eigenvalue weighted by atomic mass is 10.1. The van der Waals surface area contributed by atoms with E-state index < -0.39 is 16.8 Å². The third-order valence-electron chi connectivity index (χ3n) is 4.14. The number of carbonyl (C=O) groups excluding carboxylic acids is 1. The van der Waals surface area contributed by atoms with Crippen LogP contribution in [0.1, 0.15) is 16.1 Å². The van der Waals surface area contributed by atoms with Crippen molar-refractivity contribution in [2.45, 2.75) is 0 Å². The van der Waals surface area contributed by atoms with Crippen LogP contribution in [0.4, 0.5) is 11.4 Å². The van der Waals surface area contributed by atoms with Gasteiger partial charge in [-0.3, -0.25) is 14.9 Å². The summed E-state index contributed by atoms with van der Waals surface area (Å²) in [5.74, 6) is -1.14. The summed E-state index contributed by atoms with van der Waals surface area (Å²) in [6, 6.07) is 11.7. The molecule has 0 aliphatic rings. The minimum absolute atomic E-state index is 0.0295. The van der Waals surface area contributed by atoms with Crippen LogP contribution in [0.2, 0.25) is 5.02 Å². The van der Waals surface area contributed by atoms with Crippen LogP contribution in [-0.4, -0.2) is 29.0 Å². The van der Waals surface area contributed by atoms with Crippen molar-refractivity contribution in [1.29, 1.82) is 0 Å². The monoisotopic (exact) mass is 442 g/mol. The van der Waals surface area contributed by atoms with Gasteiger partial charge in [-0.2, -0.15) is 0 Å². The molecular formula is C21H15ClN2O7. The van der Waals surface area contributed by atoms with Gasteiger partial charge in [0.25, 0.3) is 5.69 Å². The highest BCUT2D eigenvalue weighted by molar-refractivity contribution is 6.33. The van der Waals surface area contributed by atoms with Gasteiger partial charge in [-0.15, -0.1) is 0 Å². The van der Waals surface area contributed by atoms with E-state index in [2.05, 4.69) is 5.32 Å². The number of nitro benzene ring substituents is 1. The number of rotatable bonds is 7. The van der Waals surface area contributed by atoms with Gasteiger partial charge in [0, 0.05) is 12.1 Å². The van der Waals surface area contributed by atoms with Crippen LogP contribution in [-0.2, 0) is 4.79 Å². The van der Waals surface area contributed by atoms with Crippen LogP contribution >= 0.6 is 11.6 Å². The molecule has 0 aliphatic carbocycles. The van der Waals surface area contributed by atoms with Crippen molar-refractivity contribution >= 4 is 40.9 Å². The van der Waals surface area contributed by atoms with E-state index in [0.29, 0.717) is 5.56 Å². The first-order chi connectivity index (χ1) is 14.8. The number of para-hydroxylation sites is 1. The summed E-state index contributed by atoms with van der Waals surface area (Å²) in [7, 11) is 1.33. The lowest BCUT2D eigenvalue weighted by Gasteiger charge is -2.11. The maximum Gasteiger partial charge on any atom is 0.335 e. The Hall–Kier alpha value is -4.11. The van der Waals surface area contributed by atoms with Crippen LogP contribution in [0.3, 0.4) is 0 Å². The Kier molecular flexibility index (Phi) is 6.37. The van der Waals surface area contributed by atoms with E-state index in [4.69, 9.17) is 25.9 Å². The topological polar surface area (TPSA) is 132 Å². The fraction of sp³-hybridized carbons (Fsp3) is 0.0476. The number of benzene rings is 2. The molecule has 1 amide bonds. The number of carboxylic acid groups (broad SMARTS) is 1. The zero-order valence-electron chi connectivity index (χ0n) is 16.0. The van der Waals surface area contributed by atoms with Crippen LogP contribution < -0.4 is 10.1 Å². The molecule has 0 unspecified atom stereocenters. The summed E-state index contributed by atoms with van der Waals surface area (Å²) < 4.78 is 10.7.